The predicted octanol–water partition coefficient (Wildman–Crippen LogP) is 4.19. The Bertz CT molecular complexity index is 670. The number of aryl methyl sites for hydroxylation is 1. The fourth-order valence-corrected chi connectivity index (χ4v) is 1.81. The maximum atomic E-state index is 13.4. The van der Waals surface area contributed by atoms with Crippen LogP contribution in [0.2, 0.25) is 5.02 Å². The molecule has 0 fully saturated rings. The average Bonchev–Trinajstić information content (AvgIpc) is 2.31. The van der Waals surface area contributed by atoms with Crippen molar-refractivity contribution in [2.75, 3.05) is 0 Å². The van der Waals surface area contributed by atoms with Gasteiger partial charge in [-0.2, -0.15) is 0 Å². The summed E-state index contributed by atoms with van der Waals surface area (Å²) in [7, 11) is 0. The average molecular weight is 298 g/mol. The number of halogens is 2. The smallest absolute Gasteiger partial charge is 0.313 e. The molecule has 0 amide bonds. The van der Waals surface area contributed by atoms with Crippen molar-refractivity contribution in [3.05, 3.63) is 56.8 Å². The van der Waals surface area contributed by atoms with Gasteiger partial charge < -0.3 is 9.84 Å². The fraction of sp³-hybridized carbons (Fsp3) is 0.0769. The van der Waals surface area contributed by atoms with Gasteiger partial charge in [-0.15, -0.1) is 0 Å². The zero-order valence-corrected chi connectivity index (χ0v) is 11.0. The molecule has 7 heteroatoms. The SMILES string of the molecule is Cc1cc(O)cc(Oc2cc(F)c(Cl)cc2[N+](=O)[O-])c1. The van der Waals surface area contributed by atoms with E-state index in [1.165, 1.54) is 12.1 Å². The van der Waals surface area contributed by atoms with E-state index < -0.39 is 16.4 Å². The van der Waals surface area contributed by atoms with Crippen LogP contribution in [-0.4, -0.2) is 10.0 Å². The number of nitro groups is 1. The molecule has 0 radical (unpaired) electrons. The molecule has 20 heavy (non-hydrogen) atoms. The van der Waals surface area contributed by atoms with Gasteiger partial charge in [0.2, 0.25) is 5.75 Å². The number of ether oxygens (including phenoxy) is 1. The molecule has 0 saturated carbocycles. The van der Waals surface area contributed by atoms with Gasteiger partial charge in [-0.25, -0.2) is 4.39 Å². The molecule has 0 aliphatic carbocycles. The summed E-state index contributed by atoms with van der Waals surface area (Å²) in [4.78, 5) is 10.2. The Kier molecular flexibility index (Phi) is 3.76. The molecule has 0 saturated heterocycles. The summed E-state index contributed by atoms with van der Waals surface area (Å²) >= 11 is 5.51. The number of phenols is 1. The highest BCUT2D eigenvalue weighted by Crippen LogP contribution is 2.36. The molecule has 104 valence electrons. The van der Waals surface area contributed by atoms with Crippen molar-refractivity contribution in [3.63, 3.8) is 0 Å². The Hall–Kier alpha value is -2.34. The van der Waals surface area contributed by atoms with Gasteiger partial charge in [-0.3, -0.25) is 10.1 Å². The van der Waals surface area contributed by atoms with Crippen LogP contribution >= 0.6 is 11.6 Å². The van der Waals surface area contributed by atoms with Crippen molar-refractivity contribution in [1.29, 1.82) is 0 Å². The Morgan fingerprint density at radius 3 is 2.60 bits per heavy atom. The zero-order valence-electron chi connectivity index (χ0n) is 10.3. The third kappa shape index (κ3) is 2.97. The van der Waals surface area contributed by atoms with Crippen LogP contribution in [0.5, 0.6) is 17.2 Å². The van der Waals surface area contributed by atoms with E-state index in [9.17, 15) is 19.6 Å². The second-order valence-corrected chi connectivity index (χ2v) is 4.50. The molecule has 0 aromatic heterocycles. The monoisotopic (exact) mass is 297 g/mol. The van der Waals surface area contributed by atoms with E-state index in [1.807, 2.05) is 0 Å². The Labute approximate surface area is 118 Å². The Balaban J connectivity index is 2.47. The van der Waals surface area contributed by atoms with Crippen LogP contribution in [0, 0.1) is 22.9 Å². The summed E-state index contributed by atoms with van der Waals surface area (Å²) in [6.07, 6.45) is 0. The fourth-order valence-electron chi connectivity index (χ4n) is 1.66. The highest BCUT2D eigenvalue weighted by Gasteiger charge is 2.20. The summed E-state index contributed by atoms with van der Waals surface area (Å²) in [5, 5.41) is 20.0. The zero-order chi connectivity index (χ0) is 14.9. The quantitative estimate of drug-likeness (QED) is 0.681. The second-order valence-electron chi connectivity index (χ2n) is 4.10. The van der Waals surface area contributed by atoms with Crippen molar-refractivity contribution in [3.8, 4) is 17.2 Å². The van der Waals surface area contributed by atoms with E-state index >= 15 is 0 Å². The van der Waals surface area contributed by atoms with Gasteiger partial charge in [0.15, 0.2) is 0 Å². The van der Waals surface area contributed by atoms with Gasteiger partial charge >= 0.3 is 5.69 Å². The molecule has 0 spiro atoms. The lowest BCUT2D eigenvalue weighted by Gasteiger charge is -2.08. The van der Waals surface area contributed by atoms with Crippen LogP contribution in [0.4, 0.5) is 10.1 Å². The van der Waals surface area contributed by atoms with E-state index in [-0.39, 0.29) is 22.3 Å². The topological polar surface area (TPSA) is 72.6 Å². The first-order chi connectivity index (χ1) is 9.36. The standard InChI is InChI=1S/C13H9ClFNO4/c1-7-2-8(17)4-9(3-7)20-13-6-11(15)10(14)5-12(13)16(18)19/h2-6,17H,1H3. The lowest BCUT2D eigenvalue weighted by atomic mass is 10.2. The van der Waals surface area contributed by atoms with Gasteiger partial charge in [-0.05, 0) is 24.6 Å². The van der Waals surface area contributed by atoms with Gasteiger partial charge in [0.1, 0.15) is 17.3 Å². The first-order valence-electron chi connectivity index (χ1n) is 5.49. The van der Waals surface area contributed by atoms with Crippen LogP contribution in [0.15, 0.2) is 30.3 Å². The van der Waals surface area contributed by atoms with Crippen molar-refractivity contribution < 1.29 is 19.2 Å². The van der Waals surface area contributed by atoms with Crippen LogP contribution < -0.4 is 4.74 Å². The third-order valence-electron chi connectivity index (χ3n) is 2.46. The summed E-state index contributed by atoms with van der Waals surface area (Å²) < 4.78 is 18.7. The molecular weight excluding hydrogens is 289 g/mol. The summed E-state index contributed by atoms with van der Waals surface area (Å²) in [6, 6.07) is 6.02. The Morgan fingerprint density at radius 2 is 2.00 bits per heavy atom. The minimum atomic E-state index is -0.829. The number of nitrogens with zero attached hydrogens (tertiary/aromatic N) is 1. The maximum Gasteiger partial charge on any atom is 0.313 e. The largest absolute Gasteiger partial charge is 0.508 e. The predicted molar refractivity (Wildman–Crippen MR) is 71.0 cm³/mol. The van der Waals surface area contributed by atoms with Crippen LogP contribution in [0.3, 0.4) is 0 Å². The summed E-state index contributed by atoms with van der Waals surface area (Å²) in [5.41, 5.74) is 0.231. The van der Waals surface area contributed by atoms with Gasteiger partial charge in [0, 0.05) is 18.2 Å². The second kappa shape index (κ2) is 5.34. The molecular formula is C13H9ClFNO4. The number of hydrogen-bond donors (Lipinski definition) is 1. The van der Waals surface area contributed by atoms with Crippen LogP contribution in [0.1, 0.15) is 5.56 Å². The van der Waals surface area contributed by atoms with E-state index in [2.05, 4.69) is 0 Å². The number of nitro benzene ring substituents is 1. The third-order valence-corrected chi connectivity index (χ3v) is 2.75. The normalized spacial score (nSPS) is 10.3. The van der Waals surface area contributed by atoms with E-state index in [0.717, 1.165) is 12.1 Å². The lowest BCUT2D eigenvalue weighted by Crippen LogP contribution is -1.95. The molecule has 1 N–H and O–H groups in total. The molecule has 0 bridgehead atoms. The molecule has 0 unspecified atom stereocenters. The van der Waals surface area contributed by atoms with Crippen molar-refractivity contribution in [2.24, 2.45) is 0 Å². The first kappa shape index (κ1) is 14.1. The minimum Gasteiger partial charge on any atom is -0.508 e. The lowest BCUT2D eigenvalue weighted by molar-refractivity contribution is -0.385. The highest BCUT2D eigenvalue weighted by molar-refractivity contribution is 6.31. The molecule has 0 heterocycles. The number of benzene rings is 2. The van der Waals surface area contributed by atoms with Crippen LogP contribution in [-0.2, 0) is 0 Å². The van der Waals surface area contributed by atoms with Crippen molar-refractivity contribution in [1.82, 2.24) is 0 Å². The number of phenolic OH excluding ortho intramolecular Hbond substituents is 1. The summed E-state index contributed by atoms with van der Waals surface area (Å²) in [6.45, 7) is 1.71. The highest BCUT2D eigenvalue weighted by atomic mass is 35.5. The number of rotatable bonds is 3. The molecule has 2 aromatic rings. The molecule has 2 rings (SSSR count). The number of hydrogen-bond acceptors (Lipinski definition) is 4. The van der Waals surface area contributed by atoms with Gasteiger partial charge in [0.05, 0.1) is 9.95 Å². The maximum absolute atomic E-state index is 13.4. The van der Waals surface area contributed by atoms with Crippen LogP contribution in [0.25, 0.3) is 0 Å². The van der Waals surface area contributed by atoms with E-state index in [4.69, 9.17) is 16.3 Å². The Morgan fingerprint density at radius 1 is 1.30 bits per heavy atom. The molecule has 0 atom stereocenters. The molecule has 0 aliphatic rings. The molecule has 2 aromatic carbocycles. The number of aromatic hydroxyl groups is 1. The van der Waals surface area contributed by atoms with Crippen molar-refractivity contribution >= 4 is 17.3 Å². The first-order valence-corrected chi connectivity index (χ1v) is 5.86. The summed E-state index contributed by atoms with van der Waals surface area (Å²) in [5.74, 6) is -1.02. The van der Waals surface area contributed by atoms with Gasteiger partial charge in [-0.1, -0.05) is 11.6 Å². The van der Waals surface area contributed by atoms with E-state index in [1.54, 1.807) is 13.0 Å². The molecule has 5 nitrogen and oxygen atoms in total. The molecule has 0 aliphatic heterocycles. The van der Waals surface area contributed by atoms with E-state index in [0.29, 0.717) is 5.56 Å². The minimum absolute atomic E-state index is 0.0583. The van der Waals surface area contributed by atoms with Crippen molar-refractivity contribution in [2.45, 2.75) is 6.92 Å². The van der Waals surface area contributed by atoms with Gasteiger partial charge in [0.25, 0.3) is 0 Å².